The first-order chi connectivity index (χ1) is 15.5. The molecule has 3 aromatic rings. The summed E-state index contributed by atoms with van der Waals surface area (Å²) in [4.78, 5) is 35.6. The molecule has 32 heavy (non-hydrogen) atoms. The molecule has 0 bridgehead atoms. The minimum absolute atomic E-state index is 0.0997. The Kier molecular flexibility index (Phi) is 6.58. The van der Waals surface area contributed by atoms with Gasteiger partial charge in [-0.1, -0.05) is 11.2 Å². The van der Waals surface area contributed by atoms with E-state index in [1.165, 1.54) is 0 Å². The maximum atomic E-state index is 12.7. The fourth-order valence-corrected chi connectivity index (χ4v) is 4.08. The van der Waals surface area contributed by atoms with Crippen LogP contribution in [0.5, 0.6) is 0 Å². The van der Waals surface area contributed by atoms with Crippen molar-refractivity contribution in [3.05, 3.63) is 76.7 Å². The maximum absolute atomic E-state index is 12.7. The molecule has 1 N–H and O–H groups in total. The van der Waals surface area contributed by atoms with E-state index in [1.54, 1.807) is 18.6 Å². The number of amides is 2. The standard InChI is InChI=1S/C24H27N5O3/c1-16-22(17(2)32-28-16)11-23(30)29-8-6-18(15-29)9-19-10-20(13-25-12-19)24(31)27-14-21-5-3-4-7-26-21/h3-5,7,10,12-13,18H,6,8-9,11,14-15H2,1-2H3,(H,27,31). The SMILES string of the molecule is Cc1noc(C)c1CC(=O)N1CCC(Cc2cncc(C(=O)NCc3ccccn3)c2)C1. The third kappa shape index (κ3) is 5.19. The van der Waals surface area contributed by atoms with Crippen LogP contribution in [0.3, 0.4) is 0 Å². The fourth-order valence-electron chi connectivity index (χ4n) is 4.08. The highest BCUT2D eigenvalue weighted by Gasteiger charge is 2.27. The lowest BCUT2D eigenvalue weighted by molar-refractivity contribution is -0.129. The molecule has 0 spiro atoms. The molecule has 0 saturated carbocycles. The smallest absolute Gasteiger partial charge is 0.253 e. The van der Waals surface area contributed by atoms with E-state index >= 15 is 0 Å². The molecule has 1 unspecified atom stereocenters. The lowest BCUT2D eigenvalue weighted by atomic mass is 9.99. The lowest BCUT2D eigenvalue weighted by Crippen LogP contribution is -2.30. The average molecular weight is 434 g/mol. The van der Waals surface area contributed by atoms with E-state index < -0.39 is 0 Å². The van der Waals surface area contributed by atoms with Crippen LogP contribution in [0.25, 0.3) is 0 Å². The summed E-state index contributed by atoms with van der Waals surface area (Å²) in [5, 5.41) is 6.81. The van der Waals surface area contributed by atoms with Crippen LogP contribution in [0.2, 0.25) is 0 Å². The summed E-state index contributed by atoms with van der Waals surface area (Å²) in [6, 6.07) is 7.48. The highest BCUT2D eigenvalue weighted by Crippen LogP contribution is 2.23. The number of pyridine rings is 2. The molecule has 1 atom stereocenters. The van der Waals surface area contributed by atoms with Crippen LogP contribution in [0.4, 0.5) is 0 Å². The average Bonchev–Trinajstić information content (AvgIpc) is 3.40. The van der Waals surface area contributed by atoms with Crippen molar-refractivity contribution in [3.8, 4) is 0 Å². The third-order valence-corrected chi connectivity index (χ3v) is 5.89. The highest BCUT2D eigenvalue weighted by atomic mass is 16.5. The van der Waals surface area contributed by atoms with Gasteiger partial charge in [0.2, 0.25) is 5.91 Å². The predicted octanol–water partition coefficient (Wildman–Crippen LogP) is 2.65. The Morgan fingerprint density at radius 2 is 2.12 bits per heavy atom. The molecule has 3 aromatic heterocycles. The predicted molar refractivity (Wildman–Crippen MR) is 118 cm³/mol. The first-order valence-corrected chi connectivity index (χ1v) is 10.8. The van der Waals surface area contributed by atoms with Gasteiger partial charge in [-0.15, -0.1) is 0 Å². The van der Waals surface area contributed by atoms with Gasteiger partial charge in [-0.2, -0.15) is 0 Å². The number of carbonyl (C=O) groups excluding carboxylic acids is 2. The Hall–Kier alpha value is -3.55. The van der Waals surface area contributed by atoms with Crippen molar-refractivity contribution in [2.75, 3.05) is 13.1 Å². The van der Waals surface area contributed by atoms with Crippen molar-refractivity contribution in [1.82, 2.24) is 25.3 Å². The Labute approximate surface area is 187 Å². The normalized spacial score (nSPS) is 15.7. The van der Waals surface area contributed by atoms with Crippen LogP contribution >= 0.6 is 0 Å². The molecular formula is C24H27N5O3. The zero-order chi connectivity index (χ0) is 22.5. The lowest BCUT2D eigenvalue weighted by Gasteiger charge is -2.16. The number of nitrogens with one attached hydrogen (secondary N) is 1. The summed E-state index contributed by atoms with van der Waals surface area (Å²) in [7, 11) is 0. The van der Waals surface area contributed by atoms with Gasteiger partial charge in [0.15, 0.2) is 0 Å². The third-order valence-electron chi connectivity index (χ3n) is 5.89. The minimum atomic E-state index is -0.173. The molecule has 4 rings (SSSR count). The molecule has 8 heteroatoms. The summed E-state index contributed by atoms with van der Waals surface area (Å²) in [5.41, 5.74) is 3.99. The van der Waals surface area contributed by atoms with E-state index in [2.05, 4.69) is 20.4 Å². The summed E-state index contributed by atoms with van der Waals surface area (Å²) in [6.45, 7) is 5.51. The van der Waals surface area contributed by atoms with E-state index in [1.807, 2.05) is 43.0 Å². The number of aromatic nitrogens is 3. The van der Waals surface area contributed by atoms with Crippen molar-refractivity contribution >= 4 is 11.8 Å². The molecule has 1 saturated heterocycles. The summed E-state index contributed by atoms with van der Waals surface area (Å²) in [5.74, 6) is 0.975. The van der Waals surface area contributed by atoms with Crippen LogP contribution in [0.15, 0.2) is 47.4 Å². The molecule has 8 nitrogen and oxygen atoms in total. The quantitative estimate of drug-likeness (QED) is 0.615. The molecule has 166 valence electrons. The van der Waals surface area contributed by atoms with Crippen molar-refractivity contribution in [2.45, 2.75) is 39.7 Å². The van der Waals surface area contributed by atoms with E-state index in [0.717, 1.165) is 41.9 Å². The van der Waals surface area contributed by atoms with Gasteiger partial charge in [0.05, 0.1) is 29.9 Å². The van der Waals surface area contributed by atoms with Gasteiger partial charge in [0, 0.05) is 37.2 Å². The van der Waals surface area contributed by atoms with E-state index in [-0.39, 0.29) is 11.8 Å². The number of hydrogen-bond donors (Lipinski definition) is 1. The Balaban J connectivity index is 1.31. The monoisotopic (exact) mass is 433 g/mol. The molecule has 1 aliphatic heterocycles. The second-order valence-corrected chi connectivity index (χ2v) is 8.26. The summed E-state index contributed by atoms with van der Waals surface area (Å²) < 4.78 is 5.17. The Bertz CT molecular complexity index is 1080. The molecule has 0 aromatic carbocycles. The molecule has 1 fully saturated rings. The van der Waals surface area contributed by atoms with E-state index in [4.69, 9.17) is 4.52 Å². The topological polar surface area (TPSA) is 101 Å². The van der Waals surface area contributed by atoms with Gasteiger partial charge in [-0.25, -0.2) is 0 Å². The van der Waals surface area contributed by atoms with Crippen LogP contribution in [-0.2, 0) is 24.2 Å². The van der Waals surface area contributed by atoms with Crippen molar-refractivity contribution in [3.63, 3.8) is 0 Å². The minimum Gasteiger partial charge on any atom is -0.361 e. The van der Waals surface area contributed by atoms with Crippen LogP contribution < -0.4 is 5.32 Å². The summed E-state index contributed by atoms with van der Waals surface area (Å²) >= 11 is 0. The van der Waals surface area contributed by atoms with Gasteiger partial charge in [-0.3, -0.25) is 19.6 Å². The Morgan fingerprint density at radius 3 is 2.88 bits per heavy atom. The van der Waals surface area contributed by atoms with E-state index in [9.17, 15) is 9.59 Å². The van der Waals surface area contributed by atoms with E-state index in [0.29, 0.717) is 36.8 Å². The number of rotatable bonds is 7. The first kappa shape index (κ1) is 21.7. The summed E-state index contributed by atoms with van der Waals surface area (Å²) in [6.07, 6.45) is 7.11. The van der Waals surface area contributed by atoms with Crippen molar-refractivity contribution in [2.24, 2.45) is 5.92 Å². The molecular weight excluding hydrogens is 406 g/mol. The number of carbonyl (C=O) groups is 2. The van der Waals surface area contributed by atoms with Crippen molar-refractivity contribution < 1.29 is 14.1 Å². The second kappa shape index (κ2) is 9.72. The maximum Gasteiger partial charge on any atom is 0.253 e. The highest BCUT2D eigenvalue weighted by molar-refractivity contribution is 5.93. The number of likely N-dealkylation sites (tertiary alicyclic amines) is 1. The zero-order valence-corrected chi connectivity index (χ0v) is 18.4. The largest absolute Gasteiger partial charge is 0.361 e. The Morgan fingerprint density at radius 1 is 1.25 bits per heavy atom. The molecule has 2 amide bonds. The first-order valence-electron chi connectivity index (χ1n) is 10.8. The zero-order valence-electron chi connectivity index (χ0n) is 18.4. The number of nitrogens with zero attached hydrogens (tertiary/aromatic N) is 4. The number of hydrogen-bond acceptors (Lipinski definition) is 6. The fraction of sp³-hybridized carbons (Fsp3) is 0.375. The van der Waals surface area contributed by atoms with Crippen molar-refractivity contribution in [1.29, 1.82) is 0 Å². The molecule has 0 aliphatic carbocycles. The van der Waals surface area contributed by atoms with Crippen LogP contribution in [0.1, 0.15) is 45.1 Å². The number of aryl methyl sites for hydroxylation is 2. The van der Waals surface area contributed by atoms with Gasteiger partial charge in [0.25, 0.3) is 5.91 Å². The van der Waals surface area contributed by atoms with Gasteiger partial charge < -0.3 is 14.7 Å². The molecule has 4 heterocycles. The molecule has 1 aliphatic rings. The van der Waals surface area contributed by atoms with Gasteiger partial charge in [-0.05, 0) is 56.4 Å². The van der Waals surface area contributed by atoms with Gasteiger partial charge in [0.1, 0.15) is 5.76 Å². The van der Waals surface area contributed by atoms with Crippen LogP contribution in [0, 0.1) is 19.8 Å². The second-order valence-electron chi connectivity index (χ2n) is 8.26. The molecule has 0 radical (unpaired) electrons. The van der Waals surface area contributed by atoms with Crippen LogP contribution in [-0.4, -0.2) is 44.9 Å². The van der Waals surface area contributed by atoms with Gasteiger partial charge >= 0.3 is 0 Å².